The Morgan fingerprint density at radius 3 is 2.88 bits per heavy atom. The summed E-state index contributed by atoms with van der Waals surface area (Å²) in [6.07, 6.45) is 1.54. The Bertz CT molecular complexity index is 508. The van der Waals surface area contributed by atoms with Gasteiger partial charge in [-0.1, -0.05) is 13.8 Å². The van der Waals surface area contributed by atoms with Crippen molar-refractivity contribution < 1.29 is 5.11 Å². The van der Waals surface area contributed by atoms with Crippen LogP contribution < -0.4 is 11.1 Å². The molecule has 7 nitrogen and oxygen atoms in total. The lowest BCUT2D eigenvalue weighted by molar-refractivity contribution is 0.249. The van der Waals surface area contributed by atoms with E-state index in [1.165, 1.54) is 6.33 Å². The highest BCUT2D eigenvalue weighted by atomic mass is 16.3. The lowest BCUT2D eigenvalue weighted by Crippen LogP contribution is -2.30. The van der Waals surface area contributed by atoms with Crippen molar-refractivity contribution in [1.29, 1.82) is 0 Å². The molecule has 0 aliphatic carbocycles. The molecule has 0 amide bonds. The number of nitrogen functional groups attached to an aromatic ring is 1. The fraction of sp³-hybridized carbons (Fsp3) is 0.500. The van der Waals surface area contributed by atoms with Gasteiger partial charge in [0.2, 0.25) is 5.95 Å². The molecule has 1 atom stereocenters. The van der Waals surface area contributed by atoms with Gasteiger partial charge >= 0.3 is 0 Å². The van der Waals surface area contributed by atoms with E-state index in [-0.39, 0.29) is 24.5 Å². The molecule has 2 aromatic rings. The molecule has 2 heterocycles. The van der Waals surface area contributed by atoms with Crippen molar-refractivity contribution in [3.05, 3.63) is 6.33 Å². The average Bonchev–Trinajstić information content (AvgIpc) is 2.72. The monoisotopic (exact) mass is 236 g/mol. The number of aromatic nitrogens is 4. The molecule has 0 saturated carbocycles. The number of nitrogens with two attached hydrogens (primary N) is 1. The molecule has 0 aromatic carbocycles. The van der Waals surface area contributed by atoms with E-state index < -0.39 is 0 Å². The average molecular weight is 236 g/mol. The molecule has 92 valence electrons. The van der Waals surface area contributed by atoms with Crippen molar-refractivity contribution in [3.8, 4) is 0 Å². The van der Waals surface area contributed by atoms with Crippen LogP contribution in [0.3, 0.4) is 0 Å². The maximum absolute atomic E-state index is 9.29. The van der Waals surface area contributed by atoms with E-state index in [2.05, 4.69) is 25.3 Å². The molecule has 0 aliphatic rings. The number of rotatable bonds is 4. The summed E-state index contributed by atoms with van der Waals surface area (Å²) in [5, 5.41) is 12.4. The van der Waals surface area contributed by atoms with Crippen LogP contribution in [0.15, 0.2) is 6.33 Å². The smallest absolute Gasteiger partial charge is 0.224 e. The lowest BCUT2D eigenvalue weighted by Gasteiger charge is -2.20. The minimum absolute atomic E-state index is 0.0250. The van der Waals surface area contributed by atoms with Gasteiger partial charge in [0.15, 0.2) is 11.5 Å². The van der Waals surface area contributed by atoms with E-state index in [4.69, 9.17) is 5.73 Å². The van der Waals surface area contributed by atoms with E-state index in [0.717, 1.165) is 0 Å². The Labute approximate surface area is 98.5 Å². The molecule has 0 radical (unpaired) electrons. The summed E-state index contributed by atoms with van der Waals surface area (Å²) in [6, 6.07) is -0.0872. The van der Waals surface area contributed by atoms with E-state index in [0.29, 0.717) is 17.0 Å². The van der Waals surface area contributed by atoms with Crippen LogP contribution in [0.25, 0.3) is 11.2 Å². The molecule has 7 heteroatoms. The minimum Gasteiger partial charge on any atom is -0.394 e. The number of nitrogens with zero attached hydrogens (tertiary/aromatic N) is 3. The van der Waals surface area contributed by atoms with Crippen LogP contribution in [0.5, 0.6) is 0 Å². The number of aromatic amines is 1. The number of hydrogen-bond acceptors (Lipinski definition) is 6. The number of anilines is 2. The summed E-state index contributed by atoms with van der Waals surface area (Å²) < 4.78 is 0. The van der Waals surface area contributed by atoms with E-state index in [1.54, 1.807) is 0 Å². The van der Waals surface area contributed by atoms with Crippen LogP contribution >= 0.6 is 0 Å². The van der Waals surface area contributed by atoms with Crippen molar-refractivity contribution in [2.45, 2.75) is 19.9 Å². The van der Waals surface area contributed by atoms with E-state index in [1.807, 2.05) is 13.8 Å². The van der Waals surface area contributed by atoms with Gasteiger partial charge in [-0.05, 0) is 5.92 Å². The summed E-state index contributed by atoms with van der Waals surface area (Å²) >= 11 is 0. The summed E-state index contributed by atoms with van der Waals surface area (Å²) in [5.74, 6) is 0.999. The molecule has 0 fully saturated rings. The Kier molecular flexibility index (Phi) is 3.10. The molecule has 0 saturated heterocycles. The number of H-pyrrole nitrogens is 1. The molecule has 0 spiro atoms. The second kappa shape index (κ2) is 4.54. The highest BCUT2D eigenvalue weighted by Crippen LogP contribution is 2.19. The van der Waals surface area contributed by atoms with Gasteiger partial charge in [-0.25, -0.2) is 4.98 Å². The first-order chi connectivity index (χ1) is 8.11. The summed E-state index contributed by atoms with van der Waals surface area (Å²) in [7, 11) is 0. The first-order valence-corrected chi connectivity index (χ1v) is 5.45. The highest BCUT2D eigenvalue weighted by molar-refractivity contribution is 5.83. The zero-order chi connectivity index (χ0) is 12.4. The standard InChI is InChI=1S/C10H16N6O/c1-5(2)6(3-17)14-9-7-8(13-4-12-7)15-10(11)16-9/h4-6,17H,3H2,1-2H3,(H4,11,12,13,14,15,16). The number of nitrogens with one attached hydrogen (secondary N) is 2. The van der Waals surface area contributed by atoms with E-state index in [9.17, 15) is 5.11 Å². The topological polar surface area (TPSA) is 113 Å². The van der Waals surface area contributed by atoms with Gasteiger partial charge in [0.1, 0.15) is 5.52 Å². The Morgan fingerprint density at radius 2 is 2.24 bits per heavy atom. The second-order valence-electron chi connectivity index (χ2n) is 4.21. The zero-order valence-corrected chi connectivity index (χ0v) is 9.81. The Morgan fingerprint density at radius 1 is 1.47 bits per heavy atom. The molecule has 5 N–H and O–H groups in total. The maximum Gasteiger partial charge on any atom is 0.224 e. The SMILES string of the molecule is CC(C)C(CO)Nc1nc(N)nc2nc[nH]c12. The molecule has 0 bridgehead atoms. The number of aliphatic hydroxyl groups excluding tert-OH is 1. The van der Waals surface area contributed by atoms with Gasteiger partial charge in [-0.3, -0.25) is 0 Å². The zero-order valence-electron chi connectivity index (χ0n) is 9.81. The van der Waals surface area contributed by atoms with Gasteiger partial charge in [0.25, 0.3) is 0 Å². The predicted octanol–water partition coefficient (Wildman–Crippen LogP) is 0.364. The first kappa shape index (κ1) is 11.6. The number of hydrogen-bond donors (Lipinski definition) is 4. The van der Waals surface area contributed by atoms with Gasteiger partial charge in [-0.2, -0.15) is 9.97 Å². The Balaban J connectivity index is 2.37. The van der Waals surface area contributed by atoms with Crippen molar-refractivity contribution in [3.63, 3.8) is 0 Å². The largest absolute Gasteiger partial charge is 0.394 e. The van der Waals surface area contributed by atoms with Crippen molar-refractivity contribution in [2.24, 2.45) is 5.92 Å². The molecule has 1 unspecified atom stereocenters. The quantitative estimate of drug-likeness (QED) is 0.610. The van der Waals surface area contributed by atoms with Crippen molar-refractivity contribution in [2.75, 3.05) is 17.7 Å². The molecule has 2 rings (SSSR count). The van der Waals surface area contributed by atoms with Crippen molar-refractivity contribution in [1.82, 2.24) is 19.9 Å². The normalized spacial score (nSPS) is 13.2. The molecular weight excluding hydrogens is 220 g/mol. The van der Waals surface area contributed by atoms with E-state index >= 15 is 0 Å². The maximum atomic E-state index is 9.29. The van der Waals surface area contributed by atoms with Crippen LogP contribution in [0.4, 0.5) is 11.8 Å². The van der Waals surface area contributed by atoms with Crippen LogP contribution in [-0.2, 0) is 0 Å². The van der Waals surface area contributed by atoms with Crippen LogP contribution in [0.1, 0.15) is 13.8 Å². The third-order valence-electron chi connectivity index (χ3n) is 2.63. The first-order valence-electron chi connectivity index (χ1n) is 5.45. The number of imidazole rings is 1. The molecular formula is C10H16N6O. The fourth-order valence-corrected chi connectivity index (χ4v) is 1.55. The summed E-state index contributed by atoms with van der Waals surface area (Å²) in [4.78, 5) is 15.1. The van der Waals surface area contributed by atoms with Gasteiger partial charge in [0.05, 0.1) is 19.0 Å². The van der Waals surface area contributed by atoms with Gasteiger partial charge in [-0.15, -0.1) is 0 Å². The van der Waals surface area contributed by atoms with Crippen LogP contribution in [-0.4, -0.2) is 37.7 Å². The lowest BCUT2D eigenvalue weighted by atomic mass is 10.1. The molecule has 0 aliphatic heterocycles. The fourth-order valence-electron chi connectivity index (χ4n) is 1.55. The third kappa shape index (κ3) is 2.28. The van der Waals surface area contributed by atoms with Crippen LogP contribution in [0.2, 0.25) is 0 Å². The van der Waals surface area contributed by atoms with Gasteiger partial charge in [0, 0.05) is 0 Å². The number of aliphatic hydroxyl groups is 1. The summed E-state index contributed by atoms with van der Waals surface area (Å²) in [5.41, 5.74) is 6.81. The van der Waals surface area contributed by atoms with Gasteiger partial charge < -0.3 is 21.1 Å². The minimum atomic E-state index is -0.0872. The second-order valence-corrected chi connectivity index (χ2v) is 4.21. The van der Waals surface area contributed by atoms with Crippen molar-refractivity contribution >= 4 is 22.9 Å². The number of fused-ring (bicyclic) bond motifs is 1. The summed E-state index contributed by atoms with van der Waals surface area (Å²) in [6.45, 7) is 4.06. The molecule has 17 heavy (non-hydrogen) atoms. The van der Waals surface area contributed by atoms with Crippen LogP contribution in [0, 0.1) is 5.92 Å². The Hall–Kier alpha value is -1.89. The third-order valence-corrected chi connectivity index (χ3v) is 2.63. The molecule has 2 aromatic heterocycles. The highest BCUT2D eigenvalue weighted by Gasteiger charge is 2.15. The predicted molar refractivity (Wildman–Crippen MR) is 65.4 cm³/mol.